The molecule has 0 saturated carbocycles. The first kappa shape index (κ1) is 8.68. The predicted octanol–water partition coefficient (Wildman–Crippen LogP) is 3.45. The van der Waals surface area contributed by atoms with Gasteiger partial charge in [0.2, 0.25) is 16.5 Å². The molecule has 0 aliphatic heterocycles. The van der Waals surface area contributed by atoms with Crippen molar-refractivity contribution in [2.75, 3.05) is 0 Å². The third-order valence-corrected chi connectivity index (χ3v) is 3.21. The summed E-state index contributed by atoms with van der Waals surface area (Å²) in [7, 11) is -1.75. The molecule has 1 atom stereocenters. The summed E-state index contributed by atoms with van der Waals surface area (Å²) in [6.07, 6.45) is 0. The fourth-order valence-corrected chi connectivity index (χ4v) is 2.03. The molecule has 0 radical (unpaired) electrons. The van der Waals surface area contributed by atoms with Crippen LogP contribution in [0.4, 0.5) is 0 Å². The first-order valence-electron chi connectivity index (χ1n) is 3.89. The van der Waals surface area contributed by atoms with E-state index in [9.17, 15) is 4.57 Å². The molecule has 1 nitrogen and oxygen atoms in total. The van der Waals surface area contributed by atoms with Crippen molar-refractivity contribution in [1.29, 1.82) is 0 Å². The molecule has 0 N–H and O–H groups in total. The summed E-state index contributed by atoms with van der Waals surface area (Å²) < 4.78 is 11.0. The molecule has 0 amide bonds. The van der Waals surface area contributed by atoms with Crippen LogP contribution in [0.15, 0.2) is 42.5 Å². The second kappa shape index (κ2) is 3.45. The van der Waals surface area contributed by atoms with Gasteiger partial charge in [0.05, 0.1) is 0 Å². The van der Waals surface area contributed by atoms with Gasteiger partial charge in [0, 0.05) is 6.07 Å². The van der Waals surface area contributed by atoms with E-state index < -0.39 is 7.15 Å². The Bertz CT molecular complexity index is 467. The molecule has 1 unspecified atom stereocenters. The van der Waals surface area contributed by atoms with E-state index in [0.29, 0.717) is 5.30 Å². The number of hydrogen-bond donors (Lipinski definition) is 0. The molecular weight excluding hydrogens is 203 g/mol. The van der Waals surface area contributed by atoms with E-state index in [4.69, 9.17) is 11.2 Å². The van der Waals surface area contributed by atoms with Crippen LogP contribution >= 0.6 is 18.4 Å². The van der Waals surface area contributed by atoms with Crippen molar-refractivity contribution < 1.29 is 4.57 Å². The highest BCUT2D eigenvalue weighted by atomic mass is 35.7. The number of benzene rings is 2. The van der Waals surface area contributed by atoms with Crippen molar-refractivity contribution in [3.63, 3.8) is 0 Å². The predicted molar refractivity (Wildman–Crippen MR) is 57.0 cm³/mol. The van der Waals surface area contributed by atoms with Gasteiger partial charge in [-0.25, -0.2) is 0 Å². The number of hydrogen-bond acceptors (Lipinski definition) is 1. The molecule has 2 rings (SSSR count). The Labute approximate surface area is 81.9 Å². The third-order valence-electron chi connectivity index (χ3n) is 1.94. The standard InChI is InChI=1S/C10H7ClOP/c11-13(12)10-6-5-8-3-1-2-4-9(8)7-10/h1-7H/q+1. The molecular formula is C10H7ClOP+. The molecule has 13 heavy (non-hydrogen) atoms. The van der Waals surface area contributed by atoms with Crippen LogP contribution in [0.2, 0.25) is 0 Å². The van der Waals surface area contributed by atoms with Gasteiger partial charge in [-0.15, -0.1) is 0 Å². The van der Waals surface area contributed by atoms with E-state index in [-0.39, 0.29) is 0 Å². The van der Waals surface area contributed by atoms with Gasteiger partial charge in [0.1, 0.15) is 0 Å². The van der Waals surface area contributed by atoms with Crippen LogP contribution in [-0.4, -0.2) is 0 Å². The lowest BCUT2D eigenvalue weighted by molar-refractivity contribution is 0.600. The van der Waals surface area contributed by atoms with Crippen molar-refractivity contribution in [3.8, 4) is 0 Å². The van der Waals surface area contributed by atoms with Crippen LogP contribution in [0, 0.1) is 0 Å². The maximum atomic E-state index is 11.0. The average Bonchev–Trinajstić information content (AvgIpc) is 2.17. The van der Waals surface area contributed by atoms with Gasteiger partial charge in [-0.2, -0.15) is 0 Å². The molecule has 3 heteroatoms. The fourth-order valence-electron chi connectivity index (χ4n) is 1.29. The van der Waals surface area contributed by atoms with Gasteiger partial charge in [0.15, 0.2) is 0 Å². The molecule has 0 spiro atoms. The highest BCUT2D eigenvalue weighted by molar-refractivity contribution is 7.80. The summed E-state index contributed by atoms with van der Waals surface area (Å²) in [5, 5.41) is 2.90. The highest BCUT2D eigenvalue weighted by Gasteiger charge is 2.15. The molecule has 2 aromatic carbocycles. The van der Waals surface area contributed by atoms with Gasteiger partial charge in [-0.3, -0.25) is 0 Å². The number of halogens is 1. The van der Waals surface area contributed by atoms with Crippen molar-refractivity contribution in [2.24, 2.45) is 0 Å². The zero-order chi connectivity index (χ0) is 9.26. The lowest BCUT2D eigenvalue weighted by atomic mass is 10.1. The van der Waals surface area contributed by atoms with Crippen LogP contribution < -0.4 is 5.30 Å². The van der Waals surface area contributed by atoms with E-state index in [1.165, 1.54) is 0 Å². The lowest BCUT2D eigenvalue weighted by Gasteiger charge is -1.93. The summed E-state index contributed by atoms with van der Waals surface area (Å²) >= 11 is 5.51. The Morgan fingerprint density at radius 3 is 2.38 bits per heavy atom. The van der Waals surface area contributed by atoms with Crippen molar-refractivity contribution in [2.45, 2.75) is 0 Å². The average molecular weight is 210 g/mol. The molecule has 2 aromatic rings. The van der Waals surface area contributed by atoms with Gasteiger partial charge in [-0.05, 0) is 27.5 Å². The first-order valence-corrected chi connectivity index (χ1v) is 6.06. The quantitative estimate of drug-likeness (QED) is 0.658. The normalized spacial score (nSPS) is 11.6. The molecule has 0 fully saturated rings. The minimum atomic E-state index is -1.75. The fraction of sp³-hybridized carbons (Fsp3) is 0. The Balaban J connectivity index is 2.69. The first-order chi connectivity index (χ1) is 6.27. The summed E-state index contributed by atoms with van der Waals surface area (Å²) in [4.78, 5) is 0. The van der Waals surface area contributed by atoms with Crippen molar-refractivity contribution in [3.05, 3.63) is 42.5 Å². The van der Waals surface area contributed by atoms with Gasteiger partial charge < -0.3 is 0 Å². The van der Waals surface area contributed by atoms with Crippen LogP contribution in [0.5, 0.6) is 0 Å². The van der Waals surface area contributed by atoms with Crippen LogP contribution in [0.25, 0.3) is 10.8 Å². The van der Waals surface area contributed by atoms with E-state index >= 15 is 0 Å². The zero-order valence-electron chi connectivity index (χ0n) is 6.77. The summed E-state index contributed by atoms with van der Waals surface area (Å²) in [5.74, 6) is 0. The lowest BCUT2D eigenvalue weighted by Crippen LogP contribution is -1.91. The zero-order valence-corrected chi connectivity index (χ0v) is 8.43. The second-order valence-electron chi connectivity index (χ2n) is 2.78. The Morgan fingerprint density at radius 2 is 1.69 bits per heavy atom. The van der Waals surface area contributed by atoms with E-state index in [2.05, 4.69) is 0 Å². The summed E-state index contributed by atoms with van der Waals surface area (Å²) in [6.45, 7) is 0. The van der Waals surface area contributed by atoms with Gasteiger partial charge in [0.25, 0.3) is 0 Å². The molecule has 0 saturated heterocycles. The molecule has 0 aliphatic carbocycles. The van der Waals surface area contributed by atoms with Crippen LogP contribution in [-0.2, 0) is 4.57 Å². The van der Waals surface area contributed by atoms with Crippen molar-refractivity contribution in [1.82, 2.24) is 0 Å². The van der Waals surface area contributed by atoms with Gasteiger partial charge >= 0.3 is 7.15 Å². The third kappa shape index (κ3) is 1.72. The van der Waals surface area contributed by atoms with Crippen LogP contribution in [0.1, 0.15) is 0 Å². The Hall–Kier alpha value is -0.910. The van der Waals surface area contributed by atoms with E-state index in [0.717, 1.165) is 10.8 Å². The number of rotatable bonds is 1. The van der Waals surface area contributed by atoms with E-state index in [1.807, 2.05) is 36.4 Å². The number of fused-ring (bicyclic) bond motifs is 1. The monoisotopic (exact) mass is 209 g/mol. The smallest absolute Gasteiger partial charge is 0.0616 e. The second-order valence-corrected chi connectivity index (χ2v) is 4.70. The Kier molecular flexibility index (Phi) is 2.30. The molecule has 64 valence electrons. The SMILES string of the molecule is O=[P+](Cl)c1ccc2ccccc2c1. The molecule has 0 aromatic heterocycles. The maximum absolute atomic E-state index is 11.0. The van der Waals surface area contributed by atoms with E-state index in [1.54, 1.807) is 6.07 Å². The molecule has 0 heterocycles. The van der Waals surface area contributed by atoms with Gasteiger partial charge in [-0.1, -0.05) is 24.3 Å². The summed E-state index contributed by atoms with van der Waals surface area (Å²) in [5.41, 5.74) is 0. The highest BCUT2D eigenvalue weighted by Crippen LogP contribution is 2.26. The Morgan fingerprint density at radius 1 is 1.00 bits per heavy atom. The molecule has 0 aliphatic rings. The van der Waals surface area contributed by atoms with Crippen LogP contribution in [0.3, 0.4) is 0 Å². The topological polar surface area (TPSA) is 17.1 Å². The maximum Gasteiger partial charge on any atom is 0.494 e. The molecule has 0 bridgehead atoms. The summed E-state index contributed by atoms with van der Waals surface area (Å²) in [6, 6.07) is 13.5. The minimum Gasteiger partial charge on any atom is -0.0616 e. The van der Waals surface area contributed by atoms with Crippen molar-refractivity contribution >= 4 is 34.5 Å². The minimum absolute atomic E-state index is 0.690. The largest absolute Gasteiger partial charge is 0.494 e.